The fourth-order valence-corrected chi connectivity index (χ4v) is 2.40. The third-order valence-corrected chi connectivity index (χ3v) is 3.81. The molecule has 1 aromatic rings. The first kappa shape index (κ1) is 15.2. The largest absolute Gasteiger partial charge is 0.352 e. The van der Waals surface area contributed by atoms with Crippen molar-refractivity contribution in [3.05, 3.63) is 35.9 Å². The van der Waals surface area contributed by atoms with Crippen molar-refractivity contribution in [3.8, 4) is 0 Å². The maximum Gasteiger partial charge on any atom is 0.242 e. The van der Waals surface area contributed by atoms with Crippen LogP contribution in [0.1, 0.15) is 24.3 Å². The minimum atomic E-state index is -0.832. The zero-order valence-electron chi connectivity index (χ0n) is 10.6. The van der Waals surface area contributed by atoms with Gasteiger partial charge < -0.3 is 5.32 Å². The molecule has 1 amide bonds. The molecule has 0 aliphatic rings. The van der Waals surface area contributed by atoms with Crippen molar-refractivity contribution in [3.63, 3.8) is 0 Å². The van der Waals surface area contributed by atoms with Crippen LogP contribution in [0.2, 0.25) is 0 Å². The number of nitrogens with one attached hydrogen (secondary N) is 1. The fourth-order valence-electron chi connectivity index (χ4n) is 1.50. The number of carbonyl (C=O) groups excluding carboxylic acids is 1. The van der Waals surface area contributed by atoms with E-state index in [1.54, 1.807) is 6.26 Å². The van der Waals surface area contributed by atoms with E-state index in [0.29, 0.717) is 12.2 Å². The van der Waals surface area contributed by atoms with Crippen molar-refractivity contribution in [1.82, 2.24) is 5.32 Å². The van der Waals surface area contributed by atoms with Gasteiger partial charge in [0.25, 0.3) is 0 Å². The zero-order valence-corrected chi connectivity index (χ0v) is 12.1. The Kier molecular flexibility index (Phi) is 6.36. The molecule has 1 N–H and O–H groups in total. The third-order valence-electron chi connectivity index (χ3n) is 2.55. The topological polar surface area (TPSA) is 46.2 Å². The van der Waals surface area contributed by atoms with Gasteiger partial charge in [0.15, 0.2) is 0 Å². The molecule has 0 heterocycles. The van der Waals surface area contributed by atoms with Crippen molar-refractivity contribution in [2.24, 2.45) is 0 Å². The first-order valence-electron chi connectivity index (χ1n) is 5.80. The van der Waals surface area contributed by atoms with Gasteiger partial charge in [0.05, 0.1) is 0 Å². The summed E-state index contributed by atoms with van der Waals surface area (Å²) >= 11 is 6.09. The van der Waals surface area contributed by atoms with Crippen LogP contribution >= 0.6 is 11.6 Å². The van der Waals surface area contributed by atoms with Crippen LogP contribution in [0.4, 0.5) is 0 Å². The van der Waals surface area contributed by atoms with Gasteiger partial charge in [-0.15, -0.1) is 11.6 Å². The number of hydrogen-bond acceptors (Lipinski definition) is 2. The van der Waals surface area contributed by atoms with Gasteiger partial charge in [-0.3, -0.25) is 9.00 Å². The Morgan fingerprint density at radius 1 is 1.39 bits per heavy atom. The van der Waals surface area contributed by atoms with Crippen LogP contribution in [-0.4, -0.2) is 28.2 Å². The number of hydrogen-bond donors (Lipinski definition) is 1. The highest BCUT2D eigenvalue weighted by Crippen LogP contribution is 2.20. The maximum absolute atomic E-state index is 11.9. The Bertz CT molecular complexity index is 411. The summed E-state index contributed by atoms with van der Waals surface area (Å²) in [5.74, 6) is 0.372. The van der Waals surface area contributed by atoms with E-state index in [1.807, 2.05) is 37.3 Å². The van der Waals surface area contributed by atoms with Crippen molar-refractivity contribution >= 4 is 28.3 Å². The lowest BCUT2D eigenvalue weighted by molar-refractivity contribution is -0.121. The molecule has 0 saturated carbocycles. The summed E-state index contributed by atoms with van der Waals surface area (Å²) in [6.45, 7) is 1.89. The van der Waals surface area contributed by atoms with E-state index in [2.05, 4.69) is 5.32 Å². The number of amides is 1. The Labute approximate surface area is 115 Å². The van der Waals surface area contributed by atoms with E-state index in [-0.39, 0.29) is 11.9 Å². The molecule has 0 radical (unpaired) electrons. The minimum Gasteiger partial charge on any atom is -0.352 e. The molecule has 0 aliphatic carbocycles. The average Bonchev–Trinajstić information content (AvgIpc) is 2.36. The highest BCUT2D eigenvalue weighted by molar-refractivity contribution is 7.84. The van der Waals surface area contributed by atoms with Gasteiger partial charge in [0.1, 0.15) is 5.38 Å². The molecule has 1 aromatic carbocycles. The lowest BCUT2D eigenvalue weighted by atomic mass is 10.1. The fraction of sp³-hybridized carbons (Fsp3) is 0.462. The lowest BCUT2D eigenvalue weighted by Gasteiger charge is -2.16. The molecule has 100 valence electrons. The summed E-state index contributed by atoms with van der Waals surface area (Å²) in [6, 6.07) is 9.20. The second kappa shape index (κ2) is 7.54. The summed E-state index contributed by atoms with van der Waals surface area (Å²) in [7, 11) is -0.832. The van der Waals surface area contributed by atoms with Crippen molar-refractivity contribution < 1.29 is 9.00 Å². The molecule has 0 spiro atoms. The van der Waals surface area contributed by atoms with Gasteiger partial charge >= 0.3 is 0 Å². The summed E-state index contributed by atoms with van der Waals surface area (Å²) < 4.78 is 11.0. The number of alkyl halides is 1. The quantitative estimate of drug-likeness (QED) is 0.816. The number of halogens is 1. The zero-order chi connectivity index (χ0) is 13.5. The Balaban J connectivity index is 2.47. The van der Waals surface area contributed by atoms with E-state index >= 15 is 0 Å². The van der Waals surface area contributed by atoms with Crippen LogP contribution in [0.3, 0.4) is 0 Å². The van der Waals surface area contributed by atoms with E-state index in [1.165, 1.54) is 0 Å². The van der Waals surface area contributed by atoms with E-state index < -0.39 is 16.2 Å². The molecule has 3 nitrogen and oxygen atoms in total. The molecule has 0 fully saturated rings. The van der Waals surface area contributed by atoms with E-state index in [4.69, 9.17) is 11.6 Å². The lowest BCUT2D eigenvalue weighted by Crippen LogP contribution is -2.35. The van der Waals surface area contributed by atoms with E-state index in [0.717, 1.165) is 5.56 Å². The third kappa shape index (κ3) is 5.19. The van der Waals surface area contributed by atoms with Crippen LogP contribution in [-0.2, 0) is 15.6 Å². The molecule has 3 unspecified atom stereocenters. The summed E-state index contributed by atoms with van der Waals surface area (Å²) in [4.78, 5) is 11.9. The molecule has 0 bridgehead atoms. The highest BCUT2D eigenvalue weighted by Gasteiger charge is 2.18. The number of rotatable bonds is 6. The molecule has 1 rings (SSSR count). The SMILES string of the molecule is CC(CCS(C)=O)NC(=O)C(Cl)c1ccccc1. The Morgan fingerprint density at radius 2 is 2.00 bits per heavy atom. The normalized spacial score (nSPS) is 15.7. The maximum atomic E-state index is 11.9. The predicted octanol–water partition coefficient (Wildman–Crippen LogP) is 2.24. The van der Waals surface area contributed by atoms with Gasteiger partial charge in [-0.2, -0.15) is 0 Å². The van der Waals surface area contributed by atoms with Gasteiger partial charge in [0, 0.05) is 28.9 Å². The second-order valence-electron chi connectivity index (χ2n) is 4.25. The average molecular weight is 288 g/mol. The molecule has 0 aromatic heterocycles. The molecule has 18 heavy (non-hydrogen) atoms. The molecule has 3 atom stereocenters. The van der Waals surface area contributed by atoms with Crippen LogP contribution in [0.25, 0.3) is 0 Å². The summed E-state index contributed by atoms with van der Waals surface area (Å²) in [5, 5.41) is 2.15. The van der Waals surface area contributed by atoms with Crippen LogP contribution < -0.4 is 5.32 Å². The number of benzene rings is 1. The van der Waals surface area contributed by atoms with Crippen LogP contribution in [0.15, 0.2) is 30.3 Å². The first-order chi connectivity index (χ1) is 8.50. The van der Waals surface area contributed by atoms with Gasteiger partial charge in [0.2, 0.25) is 5.91 Å². The van der Waals surface area contributed by atoms with Gasteiger partial charge in [-0.25, -0.2) is 0 Å². The second-order valence-corrected chi connectivity index (χ2v) is 6.24. The van der Waals surface area contributed by atoms with E-state index in [9.17, 15) is 9.00 Å². The monoisotopic (exact) mass is 287 g/mol. The highest BCUT2D eigenvalue weighted by atomic mass is 35.5. The summed E-state index contributed by atoms with van der Waals surface area (Å²) in [6.07, 6.45) is 2.34. The molecule has 0 saturated heterocycles. The first-order valence-corrected chi connectivity index (χ1v) is 7.96. The Hall–Kier alpha value is -0.870. The van der Waals surface area contributed by atoms with Crippen molar-refractivity contribution in [2.45, 2.75) is 24.8 Å². The molecule has 5 heteroatoms. The molecule has 0 aliphatic heterocycles. The van der Waals surface area contributed by atoms with Gasteiger partial charge in [-0.1, -0.05) is 30.3 Å². The Morgan fingerprint density at radius 3 is 2.56 bits per heavy atom. The standard InChI is InChI=1S/C13H18ClNO2S/c1-10(8-9-18(2)17)15-13(16)12(14)11-6-4-3-5-7-11/h3-7,10,12H,8-9H2,1-2H3,(H,15,16). The predicted molar refractivity (Wildman–Crippen MR) is 76.2 cm³/mol. The minimum absolute atomic E-state index is 0.0219. The van der Waals surface area contributed by atoms with Crippen LogP contribution in [0, 0.1) is 0 Å². The smallest absolute Gasteiger partial charge is 0.242 e. The van der Waals surface area contributed by atoms with Crippen LogP contribution in [0.5, 0.6) is 0 Å². The van der Waals surface area contributed by atoms with Gasteiger partial charge in [-0.05, 0) is 18.9 Å². The van der Waals surface area contributed by atoms with Crippen molar-refractivity contribution in [2.75, 3.05) is 12.0 Å². The number of carbonyl (C=O) groups is 1. The molecular weight excluding hydrogens is 270 g/mol. The summed E-state index contributed by atoms with van der Waals surface area (Å²) in [5.41, 5.74) is 0.780. The molecular formula is C13H18ClNO2S. The van der Waals surface area contributed by atoms with Crippen molar-refractivity contribution in [1.29, 1.82) is 0 Å².